The molecule has 0 spiro atoms. The third kappa shape index (κ3) is 4.49. The summed E-state index contributed by atoms with van der Waals surface area (Å²) in [6.07, 6.45) is 0. The largest absolute Gasteiger partial charge is 0.492 e. The molecule has 114 valence electrons. The molecular formula is C16H23N3O2. The van der Waals surface area contributed by atoms with Crippen LogP contribution in [-0.2, 0) is 6.54 Å². The van der Waals surface area contributed by atoms with E-state index in [2.05, 4.69) is 15.4 Å². The Labute approximate surface area is 125 Å². The van der Waals surface area contributed by atoms with Crippen molar-refractivity contribution in [2.75, 3.05) is 32.6 Å². The highest BCUT2D eigenvalue weighted by atomic mass is 16.5. The average molecular weight is 289 g/mol. The van der Waals surface area contributed by atoms with Crippen molar-refractivity contribution in [2.45, 2.75) is 20.4 Å². The lowest BCUT2D eigenvalue weighted by atomic mass is 10.2. The molecule has 0 aliphatic heterocycles. The van der Waals surface area contributed by atoms with E-state index >= 15 is 0 Å². The lowest BCUT2D eigenvalue weighted by Gasteiger charge is -2.12. The zero-order valence-electron chi connectivity index (χ0n) is 13.1. The van der Waals surface area contributed by atoms with E-state index in [4.69, 9.17) is 9.26 Å². The Morgan fingerprint density at radius 3 is 2.76 bits per heavy atom. The van der Waals surface area contributed by atoms with Gasteiger partial charge >= 0.3 is 0 Å². The van der Waals surface area contributed by atoms with Crippen LogP contribution in [-0.4, -0.2) is 37.3 Å². The van der Waals surface area contributed by atoms with E-state index in [1.807, 2.05) is 52.2 Å². The van der Waals surface area contributed by atoms with Gasteiger partial charge in [0.05, 0.1) is 5.69 Å². The molecule has 5 heteroatoms. The van der Waals surface area contributed by atoms with Gasteiger partial charge in [0, 0.05) is 30.4 Å². The van der Waals surface area contributed by atoms with Crippen molar-refractivity contribution in [3.63, 3.8) is 0 Å². The molecule has 1 N–H and O–H groups in total. The zero-order chi connectivity index (χ0) is 15.2. The lowest BCUT2D eigenvalue weighted by Crippen LogP contribution is -2.19. The van der Waals surface area contributed by atoms with Gasteiger partial charge in [0.15, 0.2) is 0 Å². The first-order chi connectivity index (χ1) is 10.1. The maximum absolute atomic E-state index is 5.73. The lowest BCUT2D eigenvalue weighted by molar-refractivity contribution is 0.261. The molecule has 0 radical (unpaired) electrons. The Hall–Kier alpha value is -2.01. The number of hydrogen-bond donors (Lipinski definition) is 1. The number of ether oxygens (including phenoxy) is 1. The van der Waals surface area contributed by atoms with Crippen LogP contribution in [0.2, 0.25) is 0 Å². The summed E-state index contributed by atoms with van der Waals surface area (Å²) in [7, 11) is 4.07. The van der Waals surface area contributed by atoms with E-state index in [9.17, 15) is 0 Å². The van der Waals surface area contributed by atoms with Gasteiger partial charge in [0.25, 0.3) is 0 Å². The fourth-order valence-electron chi connectivity index (χ4n) is 1.99. The van der Waals surface area contributed by atoms with Gasteiger partial charge < -0.3 is 19.5 Å². The number of nitrogens with one attached hydrogen (secondary N) is 1. The van der Waals surface area contributed by atoms with Gasteiger partial charge in [0.2, 0.25) is 0 Å². The van der Waals surface area contributed by atoms with Crippen LogP contribution in [0.15, 0.2) is 28.8 Å². The number of likely N-dealkylation sites (N-methyl/N-ethyl adjacent to an activating group) is 1. The average Bonchev–Trinajstić information content (AvgIpc) is 2.76. The Morgan fingerprint density at radius 1 is 1.29 bits per heavy atom. The summed E-state index contributed by atoms with van der Waals surface area (Å²) >= 11 is 0. The smallest absolute Gasteiger partial charge is 0.138 e. The minimum absolute atomic E-state index is 0.681. The molecule has 1 heterocycles. The second kappa shape index (κ2) is 7.13. The Morgan fingerprint density at radius 2 is 2.10 bits per heavy atom. The van der Waals surface area contributed by atoms with Crippen molar-refractivity contribution in [3.05, 3.63) is 41.3 Å². The van der Waals surface area contributed by atoms with Gasteiger partial charge in [-0.2, -0.15) is 0 Å². The first-order valence-corrected chi connectivity index (χ1v) is 7.09. The molecule has 0 saturated carbocycles. The van der Waals surface area contributed by atoms with Crippen LogP contribution in [0.25, 0.3) is 0 Å². The number of hydrogen-bond acceptors (Lipinski definition) is 5. The van der Waals surface area contributed by atoms with Crippen LogP contribution >= 0.6 is 0 Å². The van der Waals surface area contributed by atoms with E-state index in [-0.39, 0.29) is 0 Å². The van der Waals surface area contributed by atoms with Crippen molar-refractivity contribution < 1.29 is 9.26 Å². The van der Waals surface area contributed by atoms with Gasteiger partial charge in [-0.05, 0) is 40.1 Å². The van der Waals surface area contributed by atoms with Gasteiger partial charge in [0.1, 0.15) is 18.1 Å². The summed E-state index contributed by atoms with van der Waals surface area (Å²) in [4.78, 5) is 2.10. The number of benzene rings is 1. The van der Waals surface area contributed by atoms with Crippen molar-refractivity contribution in [1.29, 1.82) is 0 Å². The quantitative estimate of drug-likeness (QED) is 0.849. The predicted octanol–water partition coefficient (Wildman–Crippen LogP) is 2.84. The minimum Gasteiger partial charge on any atom is -0.492 e. The summed E-state index contributed by atoms with van der Waals surface area (Å²) in [6, 6.07) is 7.99. The van der Waals surface area contributed by atoms with Crippen LogP contribution in [0.1, 0.15) is 17.0 Å². The molecule has 1 aromatic heterocycles. The van der Waals surface area contributed by atoms with Crippen LogP contribution in [0.4, 0.5) is 5.69 Å². The predicted molar refractivity (Wildman–Crippen MR) is 83.8 cm³/mol. The third-order valence-electron chi connectivity index (χ3n) is 3.29. The molecule has 0 atom stereocenters. The fourth-order valence-corrected chi connectivity index (χ4v) is 1.99. The molecule has 1 aromatic carbocycles. The molecule has 0 amide bonds. The maximum Gasteiger partial charge on any atom is 0.138 e. The molecule has 0 bridgehead atoms. The van der Waals surface area contributed by atoms with Crippen LogP contribution in [0, 0.1) is 13.8 Å². The monoisotopic (exact) mass is 289 g/mol. The first-order valence-electron chi connectivity index (χ1n) is 7.09. The topological polar surface area (TPSA) is 50.5 Å². The van der Waals surface area contributed by atoms with Crippen molar-refractivity contribution in [3.8, 4) is 5.75 Å². The van der Waals surface area contributed by atoms with Crippen molar-refractivity contribution in [2.24, 2.45) is 0 Å². The summed E-state index contributed by atoms with van der Waals surface area (Å²) < 4.78 is 10.9. The number of rotatable bonds is 7. The SMILES string of the molecule is Cc1noc(C)c1CNc1cccc(OCCN(C)C)c1. The molecular weight excluding hydrogens is 266 g/mol. The van der Waals surface area contributed by atoms with Crippen molar-refractivity contribution >= 4 is 5.69 Å². The summed E-state index contributed by atoms with van der Waals surface area (Å²) in [5.74, 6) is 1.74. The molecule has 0 aliphatic rings. The number of nitrogens with zero attached hydrogens (tertiary/aromatic N) is 2. The van der Waals surface area contributed by atoms with Gasteiger partial charge in [-0.1, -0.05) is 11.2 Å². The van der Waals surface area contributed by atoms with E-state index in [1.54, 1.807) is 0 Å². The number of anilines is 1. The van der Waals surface area contributed by atoms with Crippen LogP contribution < -0.4 is 10.1 Å². The summed E-state index contributed by atoms with van der Waals surface area (Å²) in [6.45, 7) is 6.16. The van der Waals surface area contributed by atoms with Crippen molar-refractivity contribution in [1.82, 2.24) is 10.1 Å². The highest BCUT2D eigenvalue weighted by molar-refractivity contribution is 5.48. The van der Waals surface area contributed by atoms with Crippen LogP contribution in [0.3, 0.4) is 0 Å². The standard InChI is InChI=1S/C16H23N3O2/c1-12-16(13(2)21-18-12)11-17-14-6-5-7-15(10-14)20-9-8-19(3)4/h5-7,10,17H,8-9,11H2,1-4H3. The Balaban J connectivity index is 1.92. The van der Waals surface area contributed by atoms with Crippen LogP contribution in [0.5, 0.6) is 5.75 Å². The molecule has 5 nitrogen and oxygen atoms in total. The molecule has 0 aliphatic carbocycles. The molecule has 0 fully saturated rings. The van der Waals surface area contributed by atoms with E-state index in [0.717, 1.165) is 35.0 Å². The highest BCUT2D eigenvalue weighted by Gasteiger charge is 2.08. The second-order valence-electron chi connectivity index (χ2n) is 5.34. The summed E-state index contributed by atoms with van der Waals surface area (Å²) in [5, 5.41) is 7.34. The molecule has 0 saturated heterocycles. The third-order valence-corrected chi connectivity index (χ3v) is 3.29. The fraction of sp³-hybridized carbons (Fsp3) is 0.438. The zero-order valence-corrected chi connectivity index (χ0v) is 13.1. The van der Waals surface area contributed by atoms with E-state index in [0.29, 0.717) is 13.2 Å². The van der Waals surface area contributed by atoms with Gasteiger partial charge in [-0.15, -0.1) is 0 Å². The Bertz CT molecular complexity index is 559. The number of aromatic nitrogens is 1. The molecule has 2 aromatic rings. The van der Waals surface area contributed by atoms with E-state index in [1.165, 1.54) is 0 Å². The summed E-state index contributed by atoms with van der Waals surface area (Å²) in [5.41, 5.74) is 3.06. The molecule has 2 rings (SSSR count). The van der Waals surface area contributed by atoms with Gasteiger partial charge in [-0.25, -0.2) is 0 Å². The van der Waals surface area contributed by atoms with Gasteiger partial charge in [-0.3, -0.25) is 0 Å². The Kier molecular flexibility index (Phi) is 5.22. The molecule has 0 unspecified atom stereocenters. The second-order valence-corrected chi connectivity index (χ2v) is 5.34. The normalized spacial score (nSPS) is 10.9. The highest BCUT2D eigenvalue weighted by Crippen LogP contribution is 2.19. The number of aryl methyl sites for hydroxylation is 2. The minimum atomic E-state index is 0.681. The first kappa shape index (κ1) is 15.4. The molecule has 21 heavy (non-hydrogen) atoms. The van der Waals surface area contributed by atoms with E-state index < -0.39 is 0 Å². The maximum atomic E-state index is 5.73.